The molecule has 0 amide bonds. The SMILES string of the molecule is NCC1CCCCC1Nc1ncnc2ccsc12. The van der Waals surface area contributed by atoms with Crippen molar-refractivity contribution in [2.24, 2.45) is 11.7 Å². The molecule has 2 aromatic heterocycles. The molecule has 2 atom stereocenters. The van der Waals surface area contributed by atoms with Crippen molar-refractivity contribution in [1.82, 2.24) is 9.97 Å². The van der Waals surface area contributed by atoms with E-state index in [1.54, 1.807) is 17.7 Å². The molecule has 0 saturated heterocycles. The van der Waals surface area contributed by atoms with Gasteiger partial charge in [0.05, 0.1) is 10.2 Å². The van der Waals surface area contributed by atoms with Crippen molar-refractivity contribution in [2.75, 3.05) is 11.9 Å². The van der Waals surface area contributed by atoms with E-state index in [9.17, 15) is 0 Å². The second-order valence-corrected chi connectivity index (χ2v) is 5.80. The topological polar surface area (TPSA) is 63.8 Å². The van der Waals surface area contributed by atoms with Crippen molar-refractivity contribution in [2.45, 2.75) is 31.7 Å². The van der Waals surface area contributed by atoms with Crippen LogP contribution in [0.15, 0.2) is 17.8 Å². The Bertz CT molecular complexity index is 524. The fourth-order valence-electron chi connectivity index (χ4n) is 2.75. The Balaban J connectivity index is 1.84. The highest BCUT2D eigenvalue weighted by molar-refractivity contribution is 7.17. The molecule has 0 aliphatic heterocycles. The van der Waals surface area contributed by atoms with Crippen LogP contribution in [0.4, 0.5) is 5.82 Å². The average molecular weight is 262 g/mol. The van der Waals surface area contributed by atoms with E-state index in [-0.39, 0.29) is 0 Å². The lowest BCUT2D eigenvalue weighted by Crippen LogP contribution is -2.36. The molecule has 2 aromatic rings. The van der Waals surface area contributed by atoms with Gasteiger partial charge in [-0.3, -0.25) is 0 Å². The summed E-state index contributed by atoms with van der Waals surface area (Å²) in [6.07, 6.45) is 6.65. The van der Waals surface area contributed by atoms with E-state index < -0.39 is 0 Å². The largest absolute Gasteiger partial charge is 0.366 e. The van der Waals surface area contributed by atoms with Gasteiger partial charge >= 0.3 is 0 Å². The molecule has 0 bridgehead atoms. The number of nitrogens with one attached hydrogen (secondary N) is 1. The molecule has 0 spiro atoms. The monoisotopic (exact) mass is 262 g/mol. The van der Waals surface area contributed by atoms with Gasteiger partial charge in [-0.2, -0.15) is 0 Å². The van der Waals surface area contributed by atoms with Crippen LogP contribution in [0.1, 0.15) is 25.7 Å². The van der Waals surface area contributed by atoms with Crippen LogP contribution in [0.2, 0.25) is 0 Å². The first-order valence-corrected chi connectivity index (χ1v) is 7.41. The number of nitrogens with two attached hydrogens (primary N) is 1. The molecule has 0 aromatic carbocycles. The standard InChI is InChI=1S/C13H18N4S/c14-7-9-3-1-2-4-10(9)17-13-12-11(5-6-18-12)15-8-16-13/h5-6,8-10H,1-4,7,14H2,(H,15,16,17). The average Bonchev–Trinajstić information content (AvgIpc) is 2.89. The predicted molar refractivity (Wildman–Crippen MR) is 75.8 cm³/mol. The summed E-state index contributed by atoms with van der Waals surface area (Å²) in [6.45, 7) is 0.760. The smallest absolute Gasteiger partial charge is 0.147 e. The fourth-order valence-corrected chi connectivity index (χ4v) is 3.54. The molecule has 3 rings (SSSR count). The van der Waals surface area contributed by atoms with Gasteiger partial charge in [-0.1, -0.05) is 12.8 Å². The molecular formula is C13H18N4S. The van der Waals surface area contributed by atoms with Gasteiger partial charge in [0.1, 0.15) is 12.1 Å². The molecule has 1 aliphatic rings. The molecule has 1 fully saturated rings. The summed E-state index contributed by atoms with van der Waals surface area (Å²) in [4.78, 5) is 8.66. The summed E-state index contributed by atoms with van der Waals surface area (Å²) in [6, 6.07) is 2.50. The van der Waals surface area contributed by atoms with Crippen molar-refractivity contribution in [3.63, 3.8) is 0 Å². The highest BCUT2D eigenvalue weighted by Gasteiger charge is 2.24. The van der Waals surface area contributed by atoms with Crippen molar-refractivity contribution in [3.05, 3.63) is 17.8 Å². The third-order valence-electron chi connectivity index (χ3n) is 3.78. The van der Waals surface area contributed by atoms with Gasteiger partial charge in [-0.15, -0.1) is 11.3 Å². The molecule has 18 heavy (non-hydrogen) atoms. The number of thiophene rings is 1. The second-order valence-electron chi connectivity index (χ2n) is 4.89. The van der Waals surface area contributed by atoms with Gasteiger partial charge in [0.15, 0.2) is 0 Å². The Labute approximate surface area is 111 Å². The van der Waals surface area contributed by atoms with Crippen LogP contribution in [0, 0.1) is 5.92 Å². The minimum atomic E-state index is 0.462. The van der Waals surface area contributed by atoms with Crippen LogP contribution >= 0.6 is 11.3 Å². The lowest BCUT2D eigenvalue weighted by atomic mass is 9.84. The summed E-state index contributed by atoms with van der Waals surface area (Å²) >= 11 is 1.69. The zero-order valence-corrected chi connectivity index (χ0v) is 11.1. The molecule has 0 radical (unpaired) electrons. The molecule has 4 nitrogen and oxygen atoms in total. The number of nitrogens with zero attached hydrogens (tertiary/aromatic N) is 2. The van der Waals surface area contributed by atoms with Gasteiger partial charge < -0.3 is 11.1 Å². The van der Waals surface area contributed by atoms with E-state index in [1.165, 1.54) is 25.7 Å². The molecular weight excluding hydrogens is 244 g/mol. The molecule has 5 heteroatoms. The lowest BCUT2D eigenvalue weighted by molar-refractivity contribution is 0.332. The third-order valence-corrected chi connectivity index (χ3v) is 4.69. The quantitative estimate of drug-likeness (QED) is 0.892. The van der Waals surface area contributed by atoms with Gasteiger partial charge in [0.2, 0.25) is 0 Å². The Morgan fingerprint density at radius 1 is 1.33 bits per heavy atom. The normalized spacial score (nSPS) is 24.3. The van der Waals surface area contributed by atoms with E-state index >= 15 is 0 Å². The van der Waals surface area contributed by atoms with E-state index in [4.69, 9.17) is 5.73 Å². The van der Waals surface area contributed by atoms with Crippen molar-refractivity contribution < 1.29 is 0 Å². The van der Waals surface area contributed by atoms with E-state index in [0.717, 1.165) is 22.6 Å². The van der Waals surface area contributed by atoms with Crippen molar-refractivity contribution >= 4 is 27.4 Å². The molecule has 1 saturated carbocycles. The fraction of sp³-hybridized carbons (Fsp3) is 0.538. The van der Waals surface area contributed by atoms with Crippen LogP contribution in [0.5, 0.6) is 0 Å². The van der Waals surface area contributed by atoms with Gasteiger partial charge in [-0.05, 0) is 36.8 Å². The summed E-state index contributed by atoms with van der Waals surface area (Å²) in [7, 11) is 0. The van der Waals surface area contributed by atoms with Gasteiger partial charge in [0.25, 0.3) is 0 Å². The number of fused-ring (bicyclic) bond motifs is 1. The van der Waals surface area contributed by atoms with Crippen LogP contribution in [0.25, 0.3) is 10.2 Å². The molecule has 2 unspecified atom stereocenters. The first-order chi connectivity index (χ1) is 8.88. The van der Waals surface area contributed by atoms with Gasteiger partial charge in [-0.25, -0.2) is 9.97 Å². The number of aromatic nitrogens is 2. The highest BCUT2D eigenvalue weighted by atomic mass is 32.1. The van der Waals surface area contributed by atoms with Crippen LogP contribution < -0.4 is 11.1 Å². The molecule has 96 valence electrons. The summed E-state index contributed by atoms with van der Waals surface area (Å²) < 4.78 is 1.15. The maximum absolute atomic E-state index is 5.87. The minimum Gasteiger partial charge on any atom is -0.366 e. The Morgan fingerprint density at radius 2 is 2.22 bits per heavy atom. The van der Waals surface area contributed by atoms with E-state index in [2.05, 4.69) is 20.7 Å². The van der Waals surface area contributed by atoms with Crippen LogP contribution in [-0.4, -0.2) is 22.6 Å². The summed E-state index contributed by atoms with van der Waals surface area (Å²) in [5.74, 6) is 1.55. The third kappa shape index (κ3) is 2.20. The molecule has 2 heterocycles. The summed E-state index contributed by atoms with van der Waals surface area (Å²) in [5.41, 5.74) is 6.90. The zero-order chi connectivity index (χ0) is 12.4. The number of hydrogen-bond acceptors (Lipinski definition) is 5. The number of anilines is 1. The Morgan fingerprint density at radius 3 is 3.11 bits per heavy atom. The number of hydrogen-bond donors (Lipinski definition) is 2. The Kier molecular flexibility index (Phi) is 3.43. The first-order valence-electron chi connectivity index (χ1n) is 6.53. The second kappa shape index (κ2) is 5.20. The molecule has 1 aliphatic carbocycles. The van der Waals surface area contributed by atoms with Crippen LogP contribution in [0.3, 0.4) is 0 Å². The van der Waals surface area contributed by atoms with E-state index in [1.807, 2.05) is 6.07 Å². The zero-order valence-electron chi connectivity index (χ0n) is 10.3. The van der Waals surface area contributed by atoms with E-state index in [0.29, 0.717) is 12.0 Å². The van der Waals surface area contributed by atoms with Crippen molar-refractivity contribution in [1.29, 1.82) is 0 Å². The lowest BCUT2D eigenvalue weighted by Gasteiger charge is -2.31. The maximum Gasteiger partial charge on any atom is 0.147 e. The van der Waals surface area contributed by atoms with Crippen LogP contribution in [-0.2, 0) is 0 Å². The summed E-state index contributed by atoms with van der Waals surface area (Å²) in [5, 5.41) is 5.65. The molecule has 3 N–H and O–H groups in total. The van der Waals surface area contributed by atoms with Crippen molar-refractivity contribution in [3.8, 4) is 0 Å². The minimum absolute atomic E-state index is 0.462. The predicted octanol–water partition coefficient (Wildman–Crippen LogP) is 2.62. The Hall–Kier alpha value is -1.20. The first kappa shape index (κ1) is 11.9. The maximum atomic E-state index is 5.87. The highest BCUT2D eigenvalue weighted by Crippen LogP contribution is 2.30. The van der Waals surface area contributed by atoms with Gasteiger partial charge in [0, 0.05) is 6.04 Å². The number of rotatable bonds is 3.